The second-order valence-electron chi connectivity index (χ2n) is 7.41. The number of hydrogen-bond donors (Lipinski definition) is 0. The van der Waals surface area contributed by atoms with Crippen LogP contribution < -0.4 is 4.90 Å². The third-order valence-electron chi connectivity index (χ3n) is 5.75. The Hall–Kier alpha value is -2.92. The maximum Gasteiger partial charge on any atom is 0.308 e. The van der Waals surface area contributed by atoms with Crippen LogP contribution in [0.5, 0.6) is 0 Å². The third kappa shape index (κ3) is 2.80. The van der Waals surface area contributed by atoms with Gasteiger partial charge in [0.1, 0.15) is 0 Å². The summed E-state index contributed by atoms with van der Waals surface area (Å²) in [6.45, 7) is 0.434. The molecule has 2 atom stereocenters. The van der Waals surface area contributed by atoms with Crippen molar-refractivity contribution in [1.29, 1.82) is 0 Å². The van der Waals surface area contributed by atoms with Crippen LogP contribution in [0.4, 0.5) is 5.69 Å². The second-order valence-corrected chi connectivity index (χ2v) is 8.33. The zero-order valence-electron chi connectivity index (χ0n) is 15.5. The molecule has 1 amide bonds. The van der Waals surface area contributed by atoms with Crippen LogP contribution in [-0.2, 0) is 26.5 Å². The molecular weight excluding hydrogens is 430 g/mol. The van der Waals surface area contributed by atoms with Gasteiger partial charge in [-0.25, -0.2) is 0 Å². The van der Waals surface area contributed by atoms with Gasteiger partial charge in [0.25, 0.3) is 5.91 Å². The average molecular weight is 448 g/mol. The summed E-state index contributed by atoms with van der Waals surface area (Å²) in [6.07, 6.45) is 0.181. The van der Waals surface area contributed by atoms with Gasteiger partial charge in [-0.15, -0.1) is 0 Å². The summed E-state index contributed by atoms with van der Waals surface area (Å²) in [7, 11) is 0. The quantitative estimate of drug-likeness (QED) is 0.535. The highest BCUT2D eigenvalue weighted by molar-refractivity contribution is 9.10. The number of amides is 1. The van der Waals surface area contributed by atoms with E-state index in [0.717, 1.165) is 26.9 Å². The molecule has 0 radical (unpaired) electrons. The van der Waals surface area contributed by atoms with Crippen LogP contribution in [0.25, 0.3) is 0 Å². The number of esters is 1. The number of anilines is 1. The molecule has 2 aliphatic heterocycles. The number of benzene rings is 3. The fourth-order valence-electron chi connectivity index (χ4n) is 4.46. The number of rotatable bonds is 3. The number of carbonyl (C=O) groups is 2. The normalized spacial score (nSPS) is 22.8. The Morgan fingerprint density at radius 3 is 2.38 bits per heavy atom. The minimum absolute atomic E-state index is 0.179. The average Bonchev–Trinajstić information content (AvgIpc) is 3.21. The molecule has 1 fully saturated rings. The fourth-order valence-corrected chi connectivity index (χ4v) is 4.72. The molecule has 2 heterocycles. The first-order valence-corrected chi connectivity index (χ1v) is 10.3. The number of nitrogens with zero attached hydrogens (tertiary/aromatic N) is 1. The molecule has 5 heteroatoms. The molecule has 1 spiro atoms. The van der Waals surface area contributed by atoms with Gasteiger partial charge in [0.15, 0.2) is 0 Å². The molecular formula is C24H18BrNO3. The van der Waals surface area contributed by atoms with Crippen molar-refractivity contribution in [2.24, 2.45) is 0 Å². The van der Waals surface area contributed by atoms with Crippen LogP contribution in [0.2, 0.25) is 0 Å². The summed E-state index contributed by atoms with van der Waals surface area (Å²) < 4.78 is 6.82. The van der Waals surface area contributed by atoms with Gasteiger partial charge >= 0.3 is 5.97 Å². The standard InChI is InChI=1S/C24H18BrNO3/c25-18-12-10-17(11-13-18)20-14-22(27)29-24(20)19-8-4-5-9-21(19)26(23(24)28)15-16-6-2-1-3-7-16/h1-13,20H,14-15H2/t20-,24-/m0/s1. The van der Waals surface area contributed by atoms with E-state index in [4.69, 9.17) is 4.74 Å². The Balaban J connectivity index is 1.64. The van der Waals surface area contributed by atoms with E-state index < -0.39 is 5.60 Å². The van der Waals surface area contributed by atoms with Crippen molar-refractivity contribution in [1.82, 2.24) is 0 Å². The summed E-state index contributed by atoms with van der Waals surface area (Å²) in [5.41, 5.74) is 2.20. The SMILES string of the molecule is O=C1C[C@@H](c2ccc(Br)cc2)[C@]2(O1)C(=O)N(Cc1ccccc1)c1ccccc12. The Morgan fingerprint density at radius 1 is 0.931 bits per heavy atom. The number of para-hydroxylation sites is 1. The number of halogens is 1. The number of ether oxygens (including phenoxy) is 1. The molecule has 3 aromatic rings. The summed E-state index contributed by atoms with van der Waals surface area (Å²) in [5, 5.41) is 0. The van der Waals surface area contributed by atoms with Crippen LogP contribution in [0.1, 0.15) is 29.0 Å². The topological polar surface area (TPSA) is 46.6 Å². The highest BCUT2D eigenvalue weighted by atomic mass is 79.9. The van der Waals surface area contributed by atoms with Crippen molar-refractivity contribution in [3.63, 3.8) is 0 Å². The Morgan fingerprint density at radius 2 is 1.62 bits per heavy atom. The molecule has 0 aromatic heterocycles. The Labute approximate surface area is 177 Å². The van der Waals surface area contributed by atoms with Crippen LogP contribution in [0.15, 0.2) is 83.3 Å². The molecule has 5 rings (SSSR count). The largest absolute Gasteiger partial charge is 0.443 e. The van der Waals surface area contributed by atoms with Gasteiger partial charge in [-0.3, -0.25) is 9.59 Å². The molecule has 4 nitrogen and oxygen atoms in total. The van der Waals surface area contributed by atoms with Crippen LogP contribution in [0.3, 0.4) is 0 Å². The van der Waals surface area contributed by atoms with Crippen molar-refractivity contribution in [3.05, 3.63) is 100 Å². The van der Waals surface area contributed by atoms with Crippen LogP contribution >= 0.6 is 15.9 Å². The zero-order valence-corrected chi connectivity index (χ0v) is 17.1. The molecule has 29 heavy (non-hydrogen) atoms. The van der Waals surface area contributed by atoms with E-state index in [1.165, 1.54) is 0 Å². The minimum Gasteiger partial charge on any atom is -0.443 e. The molecule has 0 saturated carbocycles. The molecule has 0 N–H and O–H groups in total. The lowest BCUT2D eigenvalue weighted by Crippen LogP contribution is -2.43. The zero-order chi connectivity index (χ0) is 20.0. The highest BCUT2D eigenvalue weighted by Crippen LogP contribution is 2.55. The van der Waals surface area contributed by atoms with Gasteiger partial charge < -0.3 is 9.64 Å². The minimum atomic E-state index is -1.31. The van der Waals surface area contributed by atoms with Crippen molar-refractivity contribution in [2.75, 3.05) is 4.90 Å². The predicted octanol–water partition coefficient (Wildman–Crippen LogP) is 4.92. The van der Waals surface area contributed by atoms with E-state index in [-0.39, 0.29) is 24.2 Å². The lowest BCUT2D eigenvalue weighted by molar-refractivity contribution is -0.158. The maximum absolute atomic E-state index is 13.8. The Kier molecular flexibility index (Phi) is 4.28. The second kappa shape index (κ2) is 6.85. The number of fused-ring (bicyclic) bond motifs is 2. The van der Waals surface area contributed by atoms with Crippen LogP contribution in [0, 0.1) is 0 Å². The van der Waals surface area contributed by atoms with Gasteiger partial charge in [-0.2, -0.15) is 0 Å². The first-order valence-electron chi connectivity index (χ1n) is 9.52. The van der Waals surface area contributed by atoms with E-state index in [9.17, 15) is 9.59 Å². The number of hydrogen-bond acceptors (Lipinski definition) is 3. The third-order valence-corrected chi connectivity index (χ3v) is 6.28. The van der Waals surface area contributed by atoms with Gasteiger partial charge in [-0.05, 0) is 29.3 Å². The van der Waals surface area contributed by atoms with Gasteiger partial charge in [-0.1, -0.05) is 76.6 Å². The summed E-state index contributed by atoms with van der Waals surface area (Å²) in [5.74, 6) is -0.888. The monoisotopic (exact) mass is 447 g/mol. The summed E-state index contributed by atoms with van der Waals surface area (Å²) in [6, 6.07) is 25.3. The summed E-state index contributed by atoms with van der Waals surface area (Å²) >= 11 is 3.45. The van der Waals surface area contributed by atoms with E-state index in [1.54, 1.807) is 4.90 Å². The van der Waals surface area contributed by atoms with E-state index in [2.05, 4.69) is 15.9 Å². The molecule has 1 saturated heterocycles. The fraction of sp³-hybridized carbons (Fsp3) is 0.167. The molecule has 0 unspecified atom stereocenters. The van der Waals surface area contributed by atoms with E-state index >= 15 is 0 Å². The molecule has 0 aliphatic carbocycles. The molecule has 2 aliphatic rings. The van der Waals surface area contributed by atoms with Crippen molar-refractivity contribution >= 4 is 33.5 Å². The van der Waals surface area contributed by atoms with Crippen molar-refractivity contribution in [3.8, 4) is 0 Å². The van der Waals surface area contributed by atoms with Gasteiger partial charge in [0, 0.05) is 16.0 Å². The molecule has 144 valence electrons. The smallest absolute Gasteiger partial charge is 0.308 e. The predicted molar refractivity (Wildman–Crippen MR) is 113 cm³/mol. The lowest BCUT2D eigenvalue weighted by atomic mass is 9.78. The highest BCUT2D eigenvalue weighted by Gasteiger charge is 2.63. The molecule has 3 aromatic carbocycles. The van der Waals surface area contributed by atoms with Gasteiger partial charge in [0.05, 0.1) is 18.7 Å². The van der Waals surface area contributed by atoms with Gasteiger partial charge in [0.2, 0.25) is 5.60 Å². The van der Waals surface area contributed by atoms with Crippen LogP contribution in [-0.4, -0.2) is 11.9 Å². The first kappa shape index (κ1) is 18.1. The maximum atomic E-state index is 13.8. The van der Waals surface area contributed by atoms with Crippen molar-refractivity contribution < 1.29 is 14.3 Å². The number of carbonyl (C=O) groups excluding carboxylic acids is 2. The summed E-state index contributed by atoms with van der Waals surface area (Å²) in [4.78, 5) is 28.0. The van der Waals surface area contributed by atoms with Crippen molar-refractivity contribution in [2.45, 2.75) is 24.5 Å². The Bertz CT molecular complexity index is 1100. The first-order chi connectivity index (χ1) is 14.1. The lowest BCUT2D eigenvalue weighted by Gasteiger charge is -2.29. The van der Waals surface area contributed by atoms with E-state index in [0.29, 0.717) is 6.54 Å². The van der Waals surface area contributed by atoms with E-state index in [1.807, 2.05) is 78.9 Å². The molecule has 0 bridgehead atoms.